The van der Waals surface area contributed by atoms with Crippen molar-refractivity contribution < 1.29 is 34.3 Å². The maximum Gasteiger partial charge on any atom is 0.207 e. The topological polar surface area (TPSA) is 206 Å². The van der Waals surface area contributed by atoms with Crippen LogP contribution in [0.2, 0.25) is 0 Å². The number of rotatable bonds is 9. The highest BCUT2D eigenvalue weighted by atomic mass is 16.7. The number of hydrogen-bond acceptors (Lipinski definition) is 12. The Hall–Kier alpha value is -1.39. The molecule has 4 rings (SSSR count). The predicted molar refractivity (Wildman–Crippen MR) is 129 cm³/mol. The molecule has 1 amide bonds. The molecule has 13 heteroatoms. The Bertz CT molecular complexity index is 784. The number of amides is 1. The van der Waals surface area contributed by atoms with Crippen molar-refractivity contribution in [3.63, 3.8) is 0 Å². The number of aliphatic hydroxyl groups excluding tert-OH is 2. The highest BCUT2D eigenvalue weighted by Gasteiger charge is 2.53. The van der Waals surface area contributed by atoms with Crippen LogP contribution in [-0.4, -0.2) is 122 Å². The van der Waals surface area contributed by atoms with Crippen molar-refractivity contribution in [1.29, 1.82) is 0 Å². The molecular formula is C23H42N6O7. The highest BCUT2D eigenvalue weighted by Crippen LogP contribution is 2.37. The highest BCUT2D eigenvalue weighted by molar-refractivity contribution is 5.47. The van der Waals surface area contributed by atoms with Crippen molar-refractivity contribution >= 4 is 6.41 Å². The summed E-state index contributed by atoms with van der Waals surface area (Å²) in [6.45, 7) is 3.40. The van der Waals surface area contributed by atoms with Gasteiger partial charge in [-0.25, -0.2) is 0 Å². The third-order valence-electron chi connectivity index (χ3n) is 7.96. The van der Waals surface area contributed by atoms with Gasteiger partial charge in [0, 0.05) is 37.1 Å². The van der Waals surface area contributed by atoms with E-state index in [1.807, 2.05) is 6.08 Å². The molecule has 2 saturated heterocycles. The molecule has 36 heavy (non-hydrogen) atoms. The Morgan fingerprint density at radius 2 is 2.06 bits per heavy atom. The van der Waals surface area contributed by atoms with E-state index in [0.717, 1.165) is 13.1 Å². The summed E-state index contributed by atoms with van der Waals surface area (Å²) in [5, 5.41) is 45.5. The van der Waals surface area contributed by atoms with Gasteiger partial charge in [-0.2, -0.15) is 0 Å². The van der Waals surface area contributed by atoms with E-state index in [1.54, 1.807) is 14.0 Å². The van der Waals surface area contributed by atoms with Crippen LogP contribution in [0.5, 0.6) is 0 Å². The third-order valence-corrected chi connectivity index (χ3v) is 7.96. The molecule has 1 aliphatic carbocycles. The second-order valence-electron chi connectivity index (χ2n) is 10.6. The molecule has 0 radical (unpaired) electrons. The Morgan fingerprint density at radius 1 is 1.31 bits per heavy atom. The molecule has 0 aromatic heterocycles. The summed E-state index contributed by atoms with van der Waals surface area (Å²) in [4.78, 5) is 11.4. The Kier molecular flexibility index (Phi) is 8.87. The first-order valence-corrected chi connectivity index (χ1v) is 12.7. The van der Waals surface area contributed by atoms with Crippen molar-refractivity contribution in [3.05, 3.63) is 11.8 Å². The maximum atomic E-state index is 11.6. The van der Waals surface area contributed by atoms with Crippen LogP contribution in [0, 0.1) is 5.92 Å². The normalized spacial score (nSPS) is 45.8. The summed E-state index contributed by atoms with van der Waals surface area (Å²) in [5.74, 6) is 0.0874. The van der Waals surface area contributed by atoms with Crippen molar-refractivity contribution in [2.45, 2.75) is 86.3 Å². The number of nitrogens with one attached hydrogen (secondary N) is 4. The average Bonchev–Trinajstić information content (AvgIpc) is 2.80. The molecule has 0 aromatic carbocycles. The lowest BCUT2D eigenvalue weighted by Gasteiger charge is -2.51. The molecule has 1 saturated carbocycles. The average molecular weight is 515 g/mol. The molecule has 1 unspecified atom stereocenters. The van der Waals surface area contributed by atoms with Gasteiger partial charge in [-0.3, -0.25) is 4.79 Å². The molecule has 0 aromatic rings. The van der Waals surface area contributed by atoms with Crippen LogP contribution in [0.15, 0.2) is 11.8 Å². The molecule has 0 spiro atoms. The molecule has 11 atom stereocenters. The molecule has 0 bridgehead atoms. The summed E-state index contributed by atoms with van der Waals surface area (Å²) in [7, 11) is 1.62. The summed E-state index contributed by atoms with van der Waals surface area (Å²) < 4.78 is 18.1. The van der Waals surface area contributed by atoms with Gasteiger partial charge in [-0.1, -0.05) is 0 Å². The fraction of sp³-hybridized carbons (Fsp3) is 0.870. The van der Waals surface area contributed by atoms with Crippen molar-refractivity contribution in [2.24, 2.45) is 17.4 Å². The molecular weight excluding hydrogens is 472 g/mol. The van der Waals surface area contributed by atoms with Crippen molar-refractivity contribution in [3.8, 4) is 0 Å². The fourth-order valence-electron chi connectivity index (χ4n) is 5.93. The van der Waals surface area contributed by atoms with E-state index in [1.165, 1.54) is 0 Å². The van der Waals surface area contributed by atoms with Crippen LogP contribution in [0.3, 0.4) is 0 Å². The third kappa shape index (κ3) is 5.55. The van der Waals surface area contributed by atoms with E-state index in [-0.39, 0.29) is 19.2 Å². The number of ether oxygens (including phenoxy) is 3. The van der Waals surface area contributed by atoms with Gasteiger partial charge in [0.1, 0.15) is 29.7 Å². The second kappa shape index (κ2) is 11.6. The number of carbonyl (C=O) groups excluding carboxylic acids is 1. The Labute approximate surface area is 211 Å². The van der Waals surface area contributed by atoms with Gasteiger partial charge in [0.2, 0.25) is 6.41 Å². The number of aliphatic hydroxyl groups is 3. The molecule has 206 valence electrons. The summed E-state index contributed by atoms with van der Waals surface area (Å²) in [6, 6.07) is -1.67. The monoisotopic (exact) mass is 514 g/mol. The van der Waals surface area contributed by atoms with E-state index in [0.29, 0.717) is 31.1 Å². The Morgan fingerprint density at radius 3 is 2.67 bits per heavy atom. The van der Waals surface area contributed by atoms with Crippen LogP contribution in [0.25, 0.3) is 0 Å². The van der Waals surface area contributed by atoms with E-state index in [2.05, 4.69) is 21.3 Å². The van der Waals surface area contributed by atoms with Gasteiger partial charge >= 0.3 is 0 Å². The SMILES string of the molecule is CN[C@@H]1[C@@H](O)[C@@H](O[C@H]2[C@H](NC=O)C[C@H](N)C([C@H]3OC(CN)=CC[C@H]3NC3CNC3)[C@@H]2O)OC[C@]1(C)O. The molecule has 4 aliphatic rings. The van der Waals surface area contributed by atoms with Crippen LogP contribution in [0.1, 0.15) is 19.8 Å². The van der Waals surface area contributed by atoms with Gasteiger partial charge in [0.15, 0.2) is 6.29 Å². The molecule has 13 nitrogen and oxygen atoms in total. The minimum absolute atomic E-state index is 0.0877. The standard InChI is InChI=1S/C23H42N6O7/c1-23(33)9-34-22(18(32)21(23)26-2)36-20-15(28-10-30)5-13(25)16(17(20)31)19-14(29-11-7-27-8-11)4-3-12(6-24)35-19/h3,10-11,13-22,26-27,29,31-33H,4-9,24-25H2,1-2H3,(H,28,30)/t13-,14+,15+,16?,17-,18+,19-,20-,21+,22+,23-/m0/s1. The van der Waals surface area contributed by atoms with Gasteiger partial charge < -0.3 is 62.3 Å². The fourth-order valence-corrected chi connectivity index (χ4v) is 5.93. The molecule has 11 N–H and O–H groups in total. The zero-order valence-corrected chi connectivity index (χ0v) is 20.9. The smallest absolute Gasteiger partial charge is 0.207 e. The minimum atomic E-state index is -1.32. The van der Waals surface area contributed by atoms with E-state index >= 15 is 0 Å². The lowest BCUT2D eigenvalue weighted by atomic mass is 9.72. The zero-order chi connectivity index (χ0) is 26.0. The largest absolute Gasteiger partial charge is 0.492 e. The first-order valence-electron chi connectivity index (χ1n) is 12.7. The molecule has 3 aliphatic heterocycles. The minimum Gasteiger partial charge on any atom is -0.492 e. The lowest BCUT2D eigenvalue weighted by Crippen LogP contribution is -2.70. The van der Waals surface area contributed by atoms with E-state index in [4.69, 9.17) is 25.7 Å². The first-order chi connectivity index (χ1) is 17.2. The first kappa shape index (κ1) is 27.6. The van der Waals surface area contributed by atoms with Crippen LogP contribution < -0.4 is 32.7 Å². The van der Waals surface area contributed by atoms with E-state index < -0.39 is 60.4 Å². The second-order valence-corrected chi connectivity index (χ2v) is 10.6. The van der Waals surface area contributed by atoms with Crippen molar-refractivity contribution in [1.82, 2.24) is 21.3 Å². The number of nitrogens with two attached hydrogens (primary N) is 2. The van der Waals surface area contributed by atoms with Gasteiger partial charge in [0.25, 0.3) is 0 Å². The number of hydrogen-bond donors (Lipinski definition) is 9. The van der Waals surface area contributed by atoms with Crippen molar-refractivity contribution in [2.75, 3.05) is 33.3 Å². The number of likely N-dealkylation sites (N-methyl/N-ethyl adjacent to an activating group) is 1. The summed E-state index contributed by atoms with van der Waals surface area (Å²) in [5.41, 5.74) is 11.1. The van der Waals surface area contributed by atoms with Gasteiger partial charge in [-0.05, 0) is 32.9 Å². The van der Waals surface area contributed by atoms with Gasteiger partial charge in [0.05, 0.1) is 31.3 Å². The quantitative estimate of drug-likeness (QED) is 0.134. The predicted octanol–water partition coefficient (Wildman–Crippen LogP) is -4.19. The van der Waals surface area contributed by atoms with E-state index in [9.17, 15) is 20.1 Å². The summed E-state index contributed by atoms with van der Waals surface area (Å²) in [6.07, 6.45) is -1.45. The van der Waals surface area contributed by atoms with Crippen LogP contribution >= 0.6 is 0 Å². The molecule has 3 fully saturated rings. The van der Waals surface area contributed by atoms with Crippen LogP contribution in [0.4, 0.5) is 0 Å². The summed E-state index contributed by atoms with van der Waals surface area (Å²) >= 11 is 0. The Balaban J connectivity index is 1.56. The zero-order valence-electron chi connectivity index (χ0n) is 20.9. The van der Waals surface area contributed by atoms with Crippen LogP contribution in [-0.2, 0) is 19.0 Å². The maximum absolute atomic E-state index is 11.6. The lowest BCUT2D eigenvalue weighted by molar-refractivity contribution is -0.297. The van der Waals surface area contributed by atoms with Gasteiger partial charge in [-0.15, -0.1) is 0 Å². The molecule has 3 heterocycles. The number of carbonyl (C=O) groups is 1.